The summed E-state index contributed by atoms with van der Waals surface area (Å²) >= 11 is 0. The molecule has 13 nitrogen and oxygen atoms in total. The van der Waals surface area contributed by atoms with Gasteiger partial charge in [-0.2, -0.15) is 0 Å². The van der Waals surface area contributed by atoms with Gasteiger partial charge in [-0.15, -0.1) is 0 Å². The standard InChI is InChI=1S/C41H58N6O7/c1-4-53-37(48)10-7-16-43-17-12-33(13-18-43)44-22-24-45(25-23-44)39(50)36(28-31-26-29(2)38(49)30(3)27-31)54-41(52)46-19-14-34(15-20-46)47-21-11-32-8-5-6-9-35(32)42-40(47)51/h5-6,8-9,26-27,33-34,36,49H,4,7,10-25,28H2,1-3H3,(H,42,51). The van der Waals surface area contributed by atoms with Crippen LogP contribution in [-0.4, -0.2) is 144 Å². The quantitative estimate of drug-likeness (QED) is 0.318. The minimum atomic E-state index is -1.00. The van der Waals surface area contributed by atoms with Crippen LogP contribution < -0.4 is 5.32 Å². The number of hydrogen-bond donors (Lipinski definition) is 2. The summed E-state index contributed by atoms with van der Waals surface area (Å²) in [6, 6.07) is 11.9. The zero-order valence-corrected chi connectivity index (χ0v) is 32.3. The Hall–Kier alpha value is -4.36. The van der Waals surface area contributed by atoms with E-state index in [1.807, 2.05) is 67.0 Å². The number of hydrogen-bond acceptors (Lipinski definition) is 9. The lowest BCUT2D eigenvalue weighted by molar-refractivity contribution is -0.143. The van der Waals surface area contributed by atoms with Gasteiger partial charge in [0.25, 0.3) is 5.91 Å². The molecule has 294 valence electrons. The summed E-state index contributed by atoms with van der Waals surface area (Å²) in [7, 11) is 0. The minimum Gasteiger partial charge on any atom is -0.507 e. The third-order valence-corrected chi connectivity index (χ3v) is 11.7. The Bertz CT molecular complexity index is 1610. The van der Waals surface area contributed by atoms with Crippen LogP contribution in [0.1, 0.15) is 67.7 Å². The summed E-state index contributed by atoms with van der Waals surface area (Å²) in [4.78, 5) is 63.0. The first-order chi connectivity index (χ1) is 26.1. The molecule has 2 N–H and O–H groups in total. The first-order valence-electron chi connectivity index (χ1n) is 19.9. The number of anilines is 1. The fourth-order valence-corrected chi connectivity index (χ4v) is 8.55. The summed E-state index contributed by atoms with van der Waals surface area (Å²) < 4.78 is 11.1. The molecule has 4 heterocycles. The maximum Gasteiger partial charge on any atom is 0.410 e. The highest BCUT2D eigenvalue weighted by Gasteiger charge is 2.36. The summed E-state index contributed by atoms with van der Waals surface area (Å²) in [5, 5.41) is 13.4. The molecule has 4 aliphatic heterocycles. The molecule has 1 unspecified atom stereocenters. The molecule has 0 aromatic heterocycles. The van der Waals surface area contributed by atoms with Crippen molar-refractivity contribution in [2.45, 2.75) is 90.3 Å². The number of carbonyl (C=O) groups is 4. The Kier molecular flexibility index (Phi) is 13.3. The minimum absolute atomic E-state index is 0.00333. The van der Waals surface area contributed by atoms with Crippen molar-refractivity contribution in [2.24, 2.45) is 0 Å². The number of likely N-dealkylation sites (tertiary alicyclic amines) is 2. The van der Waals surface area contributed by atoms with Gasteiger partial charge < -0.3 is 39.5 Å². The molecule has 3 fully saturated rings. The van der Waals surface area contributed by atoms with Crippen LogP contribution >= 0.6 is 0 Å². The van der Waals surface area contributed by atoms with E-state index in [1.54, 1.807) is 4.90 Å². The van der Waals surface area contributed by atoms with Crippen LogP contribution in [0.15, 0.2) is 36.4 Å². The molecule has 4 aliphatic rings. The Morgan fingerprint density at radius 1 is 0.870 bits per heavy atom. The summed E-state index contributed by atoms with van der Waals surface area (Å²) in [6.07, 6.45) is 4.10. The molecular formula is C41H58N6O7. The van der Waals surface area contributed by atoms with Crippen molar-refractivity contribution in [3.05, 3.63) is 58.7 Å². The SMILES string of the molecule is CCOC(=O)CCCN1CCC(N2CCN(C(=O)C(Cc3cc(C)c(O)c(C)c3)OC(=O)N3CCC(N4CCc5ccccc5NC4=O)CC3)CC2)CC1. The van der Waals surface area contributed by atoms with E-state index in [0.717, 1.165) is 75.2 Å². The molecule has 2 aromatic rings. The predicted octanol–water partition coefficient (Wildman–Crippen LogP) is 4.56. The number of piperazine rings is 1. The van der Waals surface area contributed by atoms with Gasteiger partial charge in [0.2, 0.25) is 0 Å². The number of nitrogens with one attached hydrogen (secondary N) is 1. The number of aryl methyl sites for hydroxylation is 2. The highest BCUT2D eigenvalue weighted by molar-refractivity contribution is 5.91. The molecule has 1 atom stereocenters. The van der Waals surface area contributed by atoms with E-state index < -0.39 is 12.2 Å². The highest BCUT2D eigenvalue weighted by atomic mass is 16.6. The number of amides is 4. The first-order valence-corrected chi connectivity index (χ1v) is 19.9. The molecule has 6 rings (SSSR count). The number of piperidine rings is 2. The number of para-hydroxylation sites is 1. The monoisotopic (exact) mass is 746 g/mol. The van der Waals surface area contributed by atoms with Gasteiger partial charge in [0, 0.05) is 76.4 Å². The van der Waals surface area contributed by atoms with Crippen LogP contribution in [-0.2, 0) is 31.9 Å². The van der Waals surface area contributed by atoms with Crippen molar-refractivity contribution < 1.29 is 33.8 Å². The van der Waals surface area contributed by atoms with E-state index in [9.17, 15) is 24.3 Å². The number of fused-ring (bicyclic) bond motifs is 1. The fraction of sp³-hybridized carbons (Fsp3) is 0.610. The first kappa shape index (κ1) is 39.3. The third-order valence-electron chi connectivity index (χ3n) is 11.7. The molecule has 0 bridgehead atoms. The average Bonchev–Trinajstić information content (AvgIpc) is 3.35. The summed E-state index contributed by atoms with van der Waals surface area (Å²) in [5.74, 6) is -0.0993. The van der Waals surface area contributed by atoms with Gasteiger partial charge in [0.05, 0.1) is 6.61 Å². The van der Waals surface area contributed by atoms with Gasteiger partial charge in [-0.3, -0.25) is 14.5 Å². The number of urea groups is 1. The number of phenolic OH excluding ortho intramolecular Hbond substituents is 1. The van der Waals surface area contributed by atoms with Gasteiger partial charge in [-0.05, 0) is 107 Å². The van der Waals surface area contributed by atoms with E-state index in [-0.39, 0.29) is 36.1 Å². The number of ether oxygens (including phenoxy) is 2. The van der Waals surface area contributed by atoms with Crippen molar-refractivity contribution in [3.63, 3.8) is 0 Å². The maximum absolute atomic E-state index is 14.2. The fourth-order valence-electron chi connectivity index (χ4n) is 8.55. The lowest BCUT2D eigenvalue weighted by Gasteiger charge is -2.43. The third kappa shape index (κ3) is 9.84. The van der Waals surface area contributed by atoms with Crippen molar-refractivity contribution in [2.75, 3.05) is 77.4 Å². The van der Waals surface area contributed by atoms with Crippen LogP contribution in [0.4, 0.5) is 15.3 Å². The van der Waals surface area contributed by atoms with Crippen LogP contribution in [0, 0.1) is 13.8 Å². The molecule has 3 saturated heterocycles. The molecule has 4 amide bonds. The van der Waals surface area contributed by atoms with E-state index in [2.05, 4.69) is 15.1 Å². The summed E-state index contributed by atoms with van der Waals surface area (Å²) in [6.45, 7) is 12.9. The zero-order chi connectivity index (χ0) is 38.2. The number of phenols is 1. The predicted molar refractivity (Wildman–Crippen MR) is 206 cm³/mol. The topological polar surface area (TPSA) is 135 Å². The van der Waals surface area contributed by atoms with Crippen molar-refractivity contribution >= 4 is 29.7 Å². The van der Waals surface area contributed by atoms with Gasteiger partial charge in [0.1, 0.15) is 5.75 Å². The highest BCUT2D eigenvalue weighted by Crippen LogP contribution is 2.27. The smallest absolute Gasteiger partial charge is 0.410 e. The largest absolute Gasteiger partial charge is 0.507 e. The Labute approximate surface area is 319 Å². The number of esters is 1. The number of rotatable bonds is 11. The number of benzene rings is 2. The Morgan fingerprint density at radius 2 is 1.54 bits per heavy atom. The second-order valence-electron chi connectivity index (χ2n) is 15.2. The van der Waals surface area contributed by atoms with Crippen LogP contribution in [0.3, 0.4) is 0 Å². The second kappa shape index (κ2) is 18.3. The maximum atomic E-state index is 14.2. The Balaban J connectivity index is 1.02. The molecule has 0 spiro atoms. The number of aromatic hydroxyl groups is 1. The normalized spacial score (nSPS) is 19.8. The van der Waals surface area contributed by atoms with E-state index in [1.165, 1.54) is 0 Å². The molecule has 0 radical (unpaired) electrons. The van der Waals surface area contributed by atoms with Crippen LogP contribution in [0.25, 0.3) is 0 Å². The number of carbonyl (C=O) groups excluding carboxylic acids is 4. The van der Waals surface area contributed by atoms with Crippen LogP contribution in [0.2, 0.25) is 0 Å². The number of nitrogens with zero attached hydrogens (tertiary/aromatic N) is 5. The van der Waals surface area contributed by atoms with Gasteiger partial charge in [0.15, 0.2) is 6.10 Å². The lowest BCUT2D eigenvalue weighted by Crippen LogP contribution is -2.56. The molecule has 2 aromatic carbocycles. The molecule has 0 saturated carbocycles. The van der Waals surface area contributed by atoms with E-state index in [0.29, 0.717) is 75.8 Å². The van der Waals surface area contributed by atoms with Gasteiger partial charge in [-0.1, -0.05) is 30.3 Å². The van der Waals surface area contributed by atoms with E-state index >= 15 is 0 Å². The molecular weight excluding hydrogens is 688 g/mol. The molecule has 13 heteroatoms. The van der Waals surface area contributed by atoms with Crippen molar-refractivity contribution in [3.8, 4) is 5.75 Å². The Morgan fingerprint density at radius 3 is 2.22 bits per heavy atom. The second-order valence-corrected chi connectivity index (χ2v) is 15.2. The van der Waals surface area contributed by atoms with Crippen molar-refractivity contribution in [1.82, 2.24) is 24.5 Å². The van der Waals surface area contributed by atoms with E-state index in [4.69, 9.17) is 9.47 Å². The molecule has 54 heavy (non-hydrogen) atoms. The average molecular weight is 747 g/mol. The van der Waals surface area contributed by atoms with Gasteiger partial charge >= 0.3 is 18.1 Å². The molecule has 0 aliphatic carbocycles. The van der Waals surface area contributed by atoms with Gasteiger partial charge in [-0.25, -0.2) is 9.59 Å². The summed E-state index contributed by atoms with van der Waals surface area (Å²) in [5.41, 5.74) is 4.22. The zero-order valence-electron chi connectivity index (χ0n) is 32.3. The van der Waals surface area contributed by atoms with Crippen molar-refractivity contribution in [1.29, 1.82) is 0 Å². The van der Waals surface area contributed by atoms with Crippen LogP contribution in [0.5, 0.6) is 5.75 Å². The lowest BCUT2D eigenvalue weighted by atomic mass is 10.00.